The monoisotopic (exact) mass is 257 g/mol. The maximum atomic E-state index is 13.2. The van der Waals surface area contributed by atoms with Crippen molar-refractivity contribution in [2.75, 3.05) is 18.4 Å². The van der Waals surface area contributed by atoms with E-state index in [9.17, 15) is 13.6 Å². The number of anilines is 1. The van der Waals surface area contributed by atoms with Crippen molar-refractivity contribution in [2.45, 2.75) is 19.3 Å². The van der Waals surface area contributed by atoms with Gasteiger partial charge >= 0.3 is 6.03 Å². The zero-order valence-electron chi connectivity index (χ0n) is 10.0. The molecule has 0 heterocycles. The van der Waals surface area contributed by atoms with Crippen LogP contribution in [-0.4, -0.2) is 19.1 Å². The second-order valence-electron chi connectivity index (χ2n) is 3.83. The lowest BCUT2D eigenvalue weighted by Gasteiger charge is -2.08. The van der Waals surface area contributed by atoms with Gasteiger partial charge in [-0.3, -0.25) is 0 Å². The molecule has 1 aromatic rings. The van der Waals surface area contributed by atoms with Crippen LogP contribution in [0.25, 0.3) is 0 Å². The van der Waals surface area contributed by atoms with E-state index in [0.29, 0.717) is 13.1 Å². The van der Waals surface area contributed by atoms with Crippen molar-refractivity contribution >= 4 is 11.7 Å². The number of para-hydroxylation sites is 1. The number of halogens is 2. The first kappa shape index (κ1) is 14.4. The topological polar surface area (TPSA) is 67.1 Å². The summed E-state index contributed by atoms with van der Waals surface area (Å²) in [4.78, 5) is 11.4. The largest absolute Gasteiger partial charge is 0.338 e. The average molecular weight is 257 g/mol. The molecule has 0 saturated heterocycles. The van der Waals surface area contributed by atoms with Gasteiger partial charge in [0, 0.05) is 6.54 Å². The van der Waals surface area contributed by atoms with Crippen molar-refractivity contribution < 1.29 is 13.6 Å². The summed E-state index contributed by atoms with van der Waals surface area (Å²) in [6.07, 6.45) is 2.58. The number of carbonyl (C=O) groups is 1. The van der Waals surface area contributed by atoms with E-state index in [4.69, 9.17) is 5.73 Å². The average Bonchev–Trinajstić information content (AvgIpc) is 2.34. The van der Waals surface area contributed by atoms with Crippen LogP contribution >= 0.6 is 0 Å². The summed E-state index contributed by atoms with van der Waals surface area (Å²) in [5.41, 5.74) is 4.89. The third-order valence-electron chi connectivity index (χ3n) is 2.37. The predicted octanol–water partition coefficient (Wildman–Crippen LogP) is 2.22. The fourth-order valence-corrected chi connectivity index (χ4v) is 1.42. The van der Waals surface area contributed by atoms with E-state index in [0.717, 1.165) is 31.4 Å². The van der Waals surface area contributed by atoms with Gasteiger partial charge in [-0.15, -0.1) is 0 Å². The summed E-state index contributed by atoms with van der Waals surface area (Å²) >= 11 is 0. The van der Waals surface area contributed by atoms with Gasteiger partial charge in [0.15, 0.2) is 0 Å². The molecule has 100 valence electrons. The molecule has 0 aromatic heterocycles. The highest BCUT2D eigenvalue weighted by Gasteiger charge is 2.10. The van der Waals surface area contributed by atoms with E-state index in [-0.39, 0.29) is 0 Å². The Labute approximate surface area is 105 Å². The number of hydrogen-bond acceptors (Lipinski definition) is 2. The maximum Gasteiger partial charge on any atom is 0.319 e. The second kappa shape index (κ2) is 7.60. The molecule has 4 nitrogen and oxygen atoms in total. The van der Waals surface area contributed by atoms with Gasteiger partial charge in [0.1, 0.15) is 17.3 Å². The predicted molar refractivity (Wildman–Crippen MR) is 66.3 cm³/mol. The second-order valence-corrected chi connectivity index (χ2v) is 3.83. The number of hydrogen-bond donors (Lipinski definition) is 3. The number of unbranched alkanes of at least 4 members (excludes halogenated alkanes) is 2. The molecule has 0 spiro atoms. The normalized spacial score (nSPS) is 10.2. The number of nitrogens with one attached hydrogen (secondary N) is 2. The summed E-state index contributed by atoms with van der Waals surface area (Å²) in [5.74, 6) is -1.60. The summed E-state index contributed by atoms with van der Waals surface area (Å²) in [6, 6.07) is 2.78. The minimum absolute atomic E-state index is 0.433. The first-order chi connectivity index (χ1) is 8.65. The zero-order valence-corrected chi connectivity index (χ0v) is 10.0. The SMILES string of the molecule is NCCCCCNC(=O)Nc1c(F)cccc1F. The molecule has 0 aliphatic heterocycles. The molecule has 0 saturated carbocycles. The van der Waals surface area contributed by atoms with Gasteiger partial charge in [-0.25, -0.2) is 13.6 Å². The third kappa shape index (κ3) is 4.67. The number of amides is 2. The van der Waals surface area contributed by atoms with Crippen molar-refractivity contribution in [1.29, 1.82) is 0 Å². The van der Waals surface area contributed by atoms with Gasteiger partial charge in [-0.05, 0) is 31.5 Å². The molecule has 0 bridgehead atoms. The summed E-state index contributed by atoms with van der Waals surface area (Å²) < 4.78 is 26.4. The Morgan fingerprint density at radius 3 is 2.44 bits per heavy atom. The summed E-state index contributed by atoms with van der Waals surface area (Å²) in [7, 11) is 0. The molecule has 4 N–H and O–H groups in total. The van der Waals surface area contributed by atoms with Gasteiger partial charge in [0.05, 0.1) is 0 Å². The molecule has 1 aromatic carbocycles. The van der Waals surface area contributed by atoms with Crippen LogP contribution in [0.4, 0.5) is 19.3 Å². The van der Waals surface area contributed by atoms with E-state index < -0.39 is 23.4 Å². The van der Waals surface area contributed by atoms with Crippen LogP contribution in [0.2, 0.25) is 0 Å². The number of carbonyl (C=O) groups excluding carboxylic acids is 1. The smallest absolute Gasteiger partial charge is 0.319 e. The molecule has 2 amide bonds. The Morgan fingerprint density at radius 2 is 1.83 bits per heavy atom. The molecular formula is C12H17F2N3O. The molecule has 0 atom stereocenters. The van der Waals surface area contributed by atoms with Crippen LogP contribution in [0.5, 0.6) is 0 Å². The van der Waals surface area contributed by atoms with E-state index in [1.165, 1.54) is 6.07 Å². The maximum absolute atomic E-state index is 13.2. The van der Waals surface area contributed by atoms with Crippen molar-refractivity contribution in [1.82, 2.24) is 5.32 Å². The lowest BCUT2D eigenvalue weighted by atomic mass is 10.2. The highest BCUT2D eigenvalue weighted by atomic mass is 19.1. The van der Waals surface area contributed by atoms with Gasteiger partial charge < -0.3 is 16.4 Å². The highest BCUT2D eigenvalue weighted by molar-refractivity contribution is 5.89. The minimum atomic E-state index is -0.798. The van der Waals surface area contributed by atoms with Gasteiger partial charge in [-0.2, -0.15) is 0 Å². The molecule has 0 aliphatic carbocycles. The Bertz CT molecular complexity index is 379. The van der Waals surface area contributed by atoms with E-state index in [1.807, 2.05) is 0 Å². The van der Waals surface area contributed by atoms with Crippen LogP contribution in [-0.2, 0) is 0 Å². The van der Waals surface area contributed by atoms with Crippen molar-refractivity contribution in [3.05, 3.63) is 29.8 Å². The van der Waals surface area contributed by atoms with Crippen LogP contribution in [0, 0.1) is 11.6 Å². The van der Waals surface area contributed by atoms with E-state index >= 15 is 0 Å². The third-order valence-corrected chi connectivity index (χ3v) is 2.37. The Morgan fingerprint density at radius 1 is 1.17 bits per heavy atom. The first-order valence-electron chi connectivity index (χ1n) is 5.84. The van der Waals surface area contributed by atoms with Gasteiger partial charge in [0.2, 0.25) is 0 Å². The lowest BCUT2D eigenvalue weighted by Crippen LogP contribution is -2.30. The van der Waals surface area contributed by atoms with Crippen molar-refractivity contribution in [3.8, 4) is 0 Å². The van der Waals surface area contributed by atoms with Crippen LogP contribution in [0.1, 0.15) is 19.3 Å². The van der Waals surface area contributed by atoms with Crippen LogP contribution in [0.3, 0.4) is 0 Å². The number of nitrogens with two attached hydrogens (primary N) is 1. The van der Waals surface area contributed by atoms with Gasteiger partial charge in [-0.1, -0.05) is 12.5 Å². The highest BCUT2D eigenvalue weighted by Crippen LogP contribution is 2.17. The van der Waals surface area contributed by atoms with Crippen molar-refractivity contribution in [2.24, 2.45) is 5.73 Å². The fourth-order valence-electron chi connectivity index (χ4n) is 1.42. The standard InChI is InChI=1S/C12H17F2N3O/c13-9-5-4-6-10(14)11(9)17-12(18)16-8-3-1-2-7-15/h4-6H,1-3,7-8,15H2,(H2,16,17,18). The van der Waals surface area contributed by atoms with Crippen LogP contribution in [0.15, 0.2) is 18.2 Å². The molecule has 0 radical (unpaired) electrons. The molecule has 18 heavy (non-hydrogen) atoms. The Balaban J connectivity index is 2.36. The summed E-state index contributed by atoms with van der Waals surface area (Å²) in [5, 5.41) is 4.66. The molecule has 0 aliphatic rings. The zero-order chi connectivity index (χ0) is 13.4. The fraction of sp³-hybridized carbons (Fsp3) is 0.417. The van der Waals surface area contributed by atoms with Gasteiger partial charge in [0.25, 0.3) is 0 Å². The van der Waals surface area contributed by atoms with Crippen LogP contribution < -0.4 is 16.4 Å². The lowest BCUT2D eigenvalue weighted by molar-refractivity contribution is 0.251. The van der Waals surface area contributed by atoms with Crippen molar-refractivity contribution in [3.63, 3.8) is 0 Å². The molecule has 0 fully saturated rings. The van der Waals surface area contributed by atoms with E-state index in [2.05, 4.69) is 10.6 Å². The number of urea groups is 1. The quantitative estimate of drug-likeness (QED) is 0.684. The van der Waals surface area contributed by atoms with E-state index in [1.54, 1.807) is 0 Å². The first-order valence-corrected chi connectivity index (χ1v) is 5.84. The Hall–Kier alpha value is -1.69. The minimum Gasteiger partial charge on any atom is -0.338 e. The molecular weight excluding hydrogens is 240 g/mol. The Kier molecular flexibility index (Phi) is 6.07. The molecule has 0 unspecified atom stereocenters. The molecule has 6 heteroatoms. The summed E-state index contributed by atoms with van der Waals surface area (Å²) in [6.45, 7) is 1.06. The number of benzene rings is 1. The number of rotatable bonds is 6. The molecule has 1 rings (SSSR count).